The zero-order valence-corrected chi connectivity index (χ0v) is 18.1. The van der Waals surface area contributed by atoms with Crippen LogP contribution in [0.4, 0.5) is 10.1 Å². The van der Waals surface area contributed by atoms with Crippen molar-refractivity contribution in [3.8, 4) is 11.5 Å². The Bertz CT molecular complexity index is 1070. The molecule has 1 aliphatic carbocycles. The molecule has 0 atom stereocenters. The van der Waals surface area contributed by atoms with Crippen LogP contribution in [0.5, 0.6) is 11.5 Å². The van der Waals surface area contributed by atoms with E-state index in [1.165, 1.54) is 12.1 Å². The number of pyridine rings is 1. The number of anilines is 1. The second-order valence-electron chi connectivity index (χ2n) is 8.12. The highest BCUT2D eigenvalue weighted by atomic mass is 19.1. The maximum Gasteiger partial charge on any atom is 0.235 e. The van der Waals surface area contributed by atoms with E-state index in [0.29, 0.717) is 36.6 Å². The molecular weight excluding hydrogens is 407 g/mol. The number of halogens is 1. The number of hydrogen-bond donors (Lipinski definition) is 1. The van der Waals surface area contributed by atoms with Crippen LogP contribution in [0.2, 0.25) is 0 Å². The summed E-state index contributed by atoms with van der Waals surface area (Å²) in [4.78, 5) is 17.6. The third-order valence-electron chi connectivity index (χ3n) is 6.06. The molecule has 4 rings (SSSR count). The molecule has 1 N–H and O–H groups in total. The highest BCUT2D eigenvalue weighted by molar-refractivity contribution is 5.99. The predicted molar refractivity (Wildman–Crippen MR) is 121 cm³/mol. The van der Waals surface area contributed by atoms with Crippen LogP contribution < -0.4 is 14.8 Å². The fraction of sp³-hybridized carbons (Fsp3) is 0.308. The van der Waals surface area contributed by atoms with E-state index in [9.17, 15) is 9.18 Å². The zero-order chi connectivity index (χ0) is 22.4. The van der Waals surface area contributed by atoms with Gasteiger partial charge in [-0.2, -0.15) is 0 Å². The van der Waals surface area contributed by atoms with E-state index in [0.717, 1.165) is 30.4 Å². The monoisotopic (exact) mass is 434 g/mol. The first kappa shape index (κ1) is 21.8. The molecule has 0 unspecified atom stereocenters. The van der Waals surface area contributed by atoms with Gasteiger partial charge in [-0.25, -0.2) is 4.39 Å². The summed E-state index contributed by atoms with van der Waals surface area (Å²) in [7, 11) is 1.57. The molecule has 0 saturated heterocycles. The van der Waals surface area contributed by atoms with Gasteiger partial charge in [0.15, 0.2) is 11.5 Å². The lowest BCUT2D eigenvalue weighted by atomic mass is 9.68. The summed E-state index contributed by atoms with van der Waals surface area (Å²) < 4.78 is 25.3. The molecule has 5 nitrogen and oxygen atoms in total. The Balaban J connectivity index is 1.57. The molecule has 1 fully saturated rings. The van der Waals surface area contributed by atoms with Crippen LogP contribution in [0.1, 0.15) is 43.2 Å². The summed E-state index contributed by atoms with van der Waals surface area (Å²) in [6.45, 7) is 0.328. The van der Waals surface area contributed by atoms with Crippen LogP contribution >= 0.6 is 0 Å². The van der Waals surface area contributed by atoms with Gasteiger partial charge in [-0.15, -0.1) is 0 Å². The van der Waals surface area contributed by atoms with E-state index in [4.69, 9.17) is 9.47 Å². The minimum absolute atomic E-state index is 0.119. The van der Waals surface area contributed by atoms with E-state index in [2.05, 4.69) is 10.3 Å². The maximum absolute atomic E-state index is 14.0. The van der Waals surface area contributed by atoms with Gasteiger partial charge in [0.1, 0.15) is 12.4 Å². The van der Waals surface area contributed by atoms with E-state index in [-0.39, 0.29) is 11.7 Å². The number of carbonyl (C=O) groups excluding carboxylic acids is 1. The number of ether oxygens (including phenoxy) is 2. The van der Waals surface area contributed by atoms with Gasteiger partial charge in [0.05, 0.1) is 12.5 Å². The number of nitrogens with one attached hydrogen (secondary N) is 1. The fourth-order valence-corrected chi connectivity index (χ4v) is 4.35. The summed E-state index contributed by atoms with van der Waals surface area (Å²) in [6.07, 6.45) is 7.80. The predicted octanol–water partition coefficient (Wildman–Crippen LogP) is 5.65. The van der Waals surface area contributed by atoms with Crippen molar-refractivity contribution in [2.75, 3.05) is 12.4 Å². The Labute approximate surface area is 187 Å². The Morgan fingerprint density at radius 1 is 1.06 bits per heavy atom. The normalized spacial score (nSPS) is 15.1. The van der Waals surface area contributed by atoms with Gasteiger partial charge >= 0.3 is 0 Å². The molecule has 32 heavy (non-hydrogen) atoms. The SMILES string of the molecule is COc1ccc(NC(=O)C2(c3cccc(F)c3)CCCCC2)cc1OCc1cccnc1. The number of carbonyl (C=O) groups is 1. The quantitative estimate of drug-likeness (QED) is 0.522. The lowest BCUT2D eigenvalue weighted by Crippen LogP contribution is -2.42. The highest BCUT2D eigenvalue weighted by Crippen LogP contribution is 2.41. The van der Waals surface area contributed by atoms with Crippen molar-refractivity contribution in [1.29, 1.82) is 0 Å². The van der Waals surface area contributed by atoms with Crippen LogP contribution in [0.3, 0.4) is 0 Å². The molecule has 0 aliphatic heterocycles. The Morgan fingerprint density at radius 2 is 1.91 bits per heavy atom. The molecule has 166 valence electrons. The molecule has 1 heterocycles. The minimum Gasteiger partial charge on any atom is -0.493 e. The molecule has 3 aromatic rings. The largest absolute Gasteiger partial charge is 0.493 e. The van der Waals surface area contributed by atoms with Crippen LogP contribution in [0.25, 0.3) is 0 Å². The van der Waals surface area contributed by atoms with Gasteiger partial charge in [0.25, 0.3) is 0 Å². The van der Waals surface area contributed by atoms with E-state index in [1.807, 2.05) is 18.2 Å². The van der Waals surface area contributed by atoms with Crippen LogP contribution in [-0.4, -0.2) is 18.0 Å². The second-order valence-corrected chi connectivity index (χ2v) is 8.12. The van der Waals surface area contributed by atoms with Gasteiger partial charge in [-0.3, -0.25) is 9.78 Å². The highest BCUT2D eigenvalue weighted by Gasteiger charge is 2.41. The molecule has 1 amide bonds. The molecule has 1 aromatic heterocycles. The lowest BCUT2D eigenvalue weighted by Gasteiger charge is -2.36. The topological polar surface area (TPSA) is 60.5 Å². The third kappa shape index (κ3) is 4.74. The average molecular weight is 435 g/mol. The van der Waals surface area contributed by atoms with Gasteiger partial charge in [-0.05, 0) is 48.7 Å². The first-order valence-corrected chi connectivity index (χ1v) is 10.9. The number of methoxy groups -OCH3 is 1. The second kappa shape index (κ2) is 9.81. The van der Waals surface area contributed by atoms with Crippen molar-refractivity contribution in [2.45, 2.75) is 44.1 Å². The summed E-state index contributed by atoms with van der Waals surface area (Å²) in [6, 6.07) is 15.5. The average Bonchev–Trinajstić information content (AvgIpc) is 2.84. The first-order valence-electron chi connectivity index (χ1n) is 10.9. The van der Waals surface area contributed by atoms with Crippen molar-refractivity contribution >= 4 is 11.6 Å². The van der Waals surface area contributed by atoms with Crippen LogP contribution in [0, 0.1) is 5.82 Å². The number of aromatic nitrogens is 1. The number of hydrogen-bond acceptors (Lipinski definition) is 4. The molecule has 0 radical (unpaired) electrons. The van der Waals surface area contributed by atoms with Crippen molar-refractivity contribution < 1.29 is 18.7 Å². The van der Waals surface area contributed by atoms with Crippen molar-refractivity contribution in [3.63, 3.8) is 0 Å². The maximum atomic E-state index is 14.0. The minimum atomic E-state index is -0.739. The molecule has 0 spiro atoms. The molecule has 1 aliphatic rings. The summed E-state index contributed by atoms with van der Waals surface area (Å²) in [5.74, 6) is 0.656. The number of nitrogens with zero attached hydrogens (tertiary/aromatic N) is 1. The van der Waals surface area contributed by atoms with E-state index in [1.54, 1.807) is 43.8 Å². The van der Waals surface area contributed by atoms with Crippen molar-refractivity contribution in [1.82, 2.24) is 4.98 Å². The van der Waals surface area contributed by atoms with Crippen molar-refractivity contribution in [3.05, 3.63) is 83.9 Å². The van der Waals surface area contributed by atoms with Gasteiger partial charge in [-0.1, -0.05) is 37.5 Å². The number of amides is 1. The summed E-state index contributed by atoms with van der Waals surface area (Å²) >= 11 is 0. The third-order valence-corrected chi connectivity index (χ3v) is 6.06. The molecule has 6 heteroatoms. The van der Waals surface area contributed by atoms with E-state index >= 15 is 0 Å². The van der Waals surface area contributed by atoms with Crippen LogP contribution in [0.15, 0.2) is 67.0 Å². The molecule has 1 saturated carbocycles. The molecular formula is C26H27FN2O3. The standard InChI is InChI=1S/C26H27FN2O3/c1-31-23-11-10-22(16-24(23)32-18-19-7-6-14-28-17-19)29-25(30)26(12-3-2-4-13-26)20-8-5-9-21(27)15-20/h5-11,14-17H,2-4,12-13,18H2,1H3,(H,29,30). The van der Waals surface area contributed by atoms with Gasteiger partial charge < -0.3 is 14.8 Å². The molecule has 0 bridgehead atoms. The van der Waals surface area contributed by atoms with Gasteiger partial charge in [0.2, 0.25) is 5.91 Å². The summed E-state index contributed by atoms with van der Waals surface area (Å²) in [5.41, 5.74) is 1.53. The lowest BCUT2D eigenvalue weighted by molar-refractivity contribution is -0.122. The fourth-order valence-electron chi connectivity index (χ4n) is 4.35. The Kier molecular flexibility index (Phi) is 6.69. The Morgan fingerprint density at radius 3 is 2.62 bits per heavy atom. The van der Waals surface area contributed by atoms with E-state index < -0.39 is 5.41 Å². The van der Waals surface area contributed by atoms with Crippen LogP contribution in [-0.2, 0) is 16.8 Å². The summed E-state index contributed by atoms with van der Waals surface area (Å²) in [5, 5.41) is 3.05. The van der Waals surface area contributed by atoms with Crippen molar-refractivity contribution in [2.24, 2.45) is 0 Å². The smallest absolute Gasteiger partial charge is 0.235 e. The molecule has 2 aromatic carbocycles. The number of benzene rings is 2. The van der Waals surface area contributed by atoms with Gasteiger partial charge in [0, 0.05) is 29.7 Å². The Hall–Kier alpha value is -3.41. The first-order chi connectivity index (χ1) is 15.6. The zero-order valence-electron chi connectivity index (χ0n) is 18.1. The number of rotatable bonds is 7.